The van der Waals surface area contributed by atoms with E-state index < -0.39 is 0 Å². The Morgan fingerprint density at radius 2 is 1.74 bits per heavy atom. The highest BCUT2D eigenvalue weighted by Crippen LogP contribution is 2.42. The predicted molar refractivity (Wildman–Crippen MR) is 96.3 cm³/mol. The van der Waals surface area contributed by atoms with Gasteiger partial charge in [0.2, 0.25) is 0 Å². The average molecular weight is 337 g/mol. The maximum absolute atomic E-state index is 5.99. The van der Waals surface area contributed by atoms with Crippen molar-refractivity contribution in [2.75, 3.05) is 19.6 Å². The van der Waals surface area contributed by atoms with E-state index in [2.05, 4.69) is 6.07 Å². The number of rotatable bonds is 9. The van der Waals surface area contributed by atoms with Gasteiger partial charge < -0.3 is 14.2 Å². The highest BCUT2D eigenvalue weighted by atomic mass is 35.5. The minimum Gasteiger partial charge on any atom is -0.493 e. The normalized spacial score (nSPS) is 11.0. The molecule has 2 aromatic rings. The molecule has 0 heterocycles. The van der Waals surface area contributed by atoms with E-state index in [1.165, 1.54) is 0 Å². The number of hydrogen-bond donors (Lipinski definition) is 0. The van der Waals surface area contributed by atoms with Gasteiger partial charge in [0.05, 0.1) is 19.8 Å². The molecule has 0 atom stereocenters. The Bertz CT molecular complexity index is 625. The van der Waals surface area contributed by atoms with Crippen molar-refractivity contribution in [2.45, 2.75) is 39.2 Å². The molecule has 0 saturated heterocycles. The zero-order valence-electron chi connectivity index (χ0n) is 14.1. The number of methoxy groups -OCH3 is 1. The van der Waals surface area contributed by atoms with Crippen molar-refractivity contribution >= 4 is 22.4 Å². The van der Waals surface area contributed by atoms with Crippen LogP contribution >= 0.6 is 11.6 Å². The summed E-state index contributed by atoms with van der Waals surface area (Å²) in [6, 6.07) is 10.0. The van der Waals surface area contributed by atoms with Gasteiger partial charge in [0.25, 0.3) is 0 Å². The molecule has 0 amide bonds. The lowest BCUT2D eigenvalue weighted by atomic mass is 10.1. The van der Waals surface area contributed by atoms with Crippen molar-refractivity contribution in [3.63, 3.8) is 0 Å². The first-order valence-corrected chi connectivity index (χ1v) is 8.66. The molecule has 0 saturated carbocycles. The topological polar surface area (TPSA) is 27.7 Å². The maximum atomic E-state index is 5.99. The molecule has 23 heavy (non-hydrogen) atoms. The Labute approximate surface area is 143 Å². The van der Waals surface area contributed by atoms with Crippen molar-refractivity contribution in [1.82, 2.24) is 0 Å². The lowest BCUT2D eigenvalue weighted by Crippen LogP contribution is -2.08. The van der Waals surface area contributed by atoms with Gasteiger partial charge in [0, 0.05) is 22.7 Å². The largest absolute Gasteiger partial charge is 0.493 e. The van der Waals surface area contributed by atoms with Gasteiger partial charge in [-0.05, 0) is 33.1 Å². The summed E-state index contributed by atoms with van der Waals surface area (Å²) < 4.78 is 17.5. The van der Waals surface area contributed by atoms with Gasteiger partial charge in [-0.1, -0.05) is 24.3 Å². The van der Waals surface area contributed by atoms with Crippen LogP contribution in [0.1, 0.15) is 33.1 Å². The van der Waals surface area contributed by atoms with E-state index in [4.69, 9.17) is 25.8 Å². The second-order valence-electron chi connectivity index (χ2n) is 5.72. The quantitative estimate of drug-likeness (QED) is 0.452. The van der Waals surface area contributed by atoms with Gasteiger partial charge in [0.15, 0.2) is 11.5 Å². The van der Waals surface area contributed by atoms with Crippen LogP contribution < -0.4 is 14.2 Å². The summed E-state index contributed by atoms with van der Waals surface area (Å²) in [6.07, 6.45) is 3.17. The fourth-order valence-electron chi connectivity index (χ4n) is 2.47. The minimum absolute atomic E-state index is 0.0784. The molecule has 0 spiro atoms. The Morgan fingerprint density at radius 1 is 1.00 bits per heavy atom. The van der Waals surface area contributed by atoms with Gasteiger partial charge in [-0.25, -0.2) is 0 Å². The van der Waals surface area contributed by atoms with Crippen LogP contribution in [0, 0.1) is 0 Å². The Morgan fingerprint density at radius 3 is 2.39 bits per heavy atom. The summed E-state index contributed by atoms with van der Waals surface area (Å²) in [6.45, 7) is 4.69. The molecule has 2 aromatic carbocycles. The number of alkyl halides is 1. The highest BCUT2D eigenvalue weighted by Gasteiger charge is 2.15. The van der Waals surface area contributed by atoms with E-state index in [1.54, 1.807) is 7.11 Å². The van der Waals surface area contributed by atoms with E-state index in [-0.39, 0.29) is 6.10 Å². The first kappa shape index (κ1) is 17.7. The third kappa shape index (κ3) is 4.68. The van der Waals surface area contributed by atoms with Crippen LogP contribution in [-0.4, -0.2) is 25.7 Å². The molecule has 3 nitrogen and oxygen atoms in total. The van der Waals surface area contributed by atoms with Gasteiger partial charge in [-0.2, -0.15) is 0 Å². The summed E-state index contributed by atoms with van der Waals surface area (Å²) in [5, 5.41) is 2.05. The Kier molecular flexibility index (Phi) is 6.85. The molecule has 0 fully saturated rings. The maximum Gasteiger partial charge on any atom is 0.169 e. The minimum atomic E-state index is 0.0784. The van der Waals surface area contributed by atoms with Crippen LogP contribution in [0.25, 0.3) is 10.8 Å². The van der Waals surface area contributed by atoms with Crippen LogP contribution in [-0.2, 0) is 0 Å². The fourth-order valence-corrected chi connectivity index (χ4v) is 2.66. The third-order valence-corrected chi connectivity index (χ3v) is 3.80. The number of fused-ring (bicyclic) bond motifs is 1. The summed E-state index contributed by atoms with van der Waals surface area (Å²) in [4.78, 5) is 0. The lowest BCUT2D eigenvalue weighted by molar-refractivity contribution is 0.232. The first-order valence-electron chi connectivity index (χ1n) is 8.12. The van der Waals surface area contributed by atoms with Crippen molar-refractivity contribution in [1.29, 1.82) is 0 Å². The molecule has 126 valence electrons. The monoisotopic (exact) mass is 336 g/mol. The van der Waals surface area contributed by atoms with E-state index in [0.717, 1.165) is 41.5 Å². The summed E-state index contributed by atoms with van der Waals surface area (Å²) in [7, 11) is 1.65. The molecule has 0 aliphatic rings. The Hall–Kier alpha value is -1.61. The molecule has 0 bridgehead atoms. The third-order valence-electron chi connectivity index (χ3n) is 3.53. The average Bonchev–Trinajstić information content (AvgIpc) is 2.55. The van der Waals surface area contributed by atoms with Gasteiger partial charge in [-0.3, -0.25) is 0 Å². The molecule has 2 rings (SSSR count). The molecule has 0 N–H and O–H groups in total. The van der Waals surface area contributed by atoms with Gasteiger partial charge in [0.1, 0.15) is 5.75 Å². The molecule has 0 aromatic heterocycles. The fraction of sp³-hybridized carbons (Fsp3) is 0.474. The molecule has 4 heteroatoms. The van der Waals surface area contributed by atoms with Crippen molar-refractivity contribution < 1.29 is 14.2 Å². The summed E-state index contributed by atoms with van der Waals surface area (Å²) in [5.41, 5.74) is 0. The first-order chi connectivity index (χ1) is 11.2. The van der Waals surface area contributed by atoms with E-state index in [1.807, 2.05) is 38.1 Å². The molecular weight excluding hydrogens is 312 g/mol. The van der Waals surface area contributed by atoms with Gasteiger partial charge >= 0.3 is 0 Å². The number of halogens is 1. The van der Waals surface area contributed by atoms with E-state index in [0.29, 0.717) is 18.2 Å². The standard InChI is InChI=1S/C19H25ClO3/c1-14(2)23-19-16-10-6-5-9-15(16)17(13-18(19)21-3)22-12-8-4-7-11-20/h5-6,9-10,13-14H,4,7-8,11-12H2,1-3H3. The van der Waals surface area contributed by atoms with Crippen molar-refractivity contribution in [3.8, 4) is 17.2 Å². The summed E-state index contributed by atoms with van der Waals surface area (Å²) in [5.74, 6) is 3.01. The summed E-state index contributed by atoms with van der Waals surface area (Å²) >= 11 is 5.70. The van der Waals surface area contributed by atoms with Crippen LogP contribution in [0.5, 0.6) is 17.2 Å². The molecular formula is C19H25ClO3. The predicted octanol–water partition coefficient (Wildman–Crippen LogP) is 5.42. The highest BCUT2D eigenvalue weighted by molar-refractivity contribution is 6.17. The van der Waals surface area contributed by atoms with Gasteiger partial charge in [-0.15, -0.1) is 11.6 Å². The number of ether oxygens (including phenoxy) is 3. The van der Waals surface area contributed by atoms with Crippen LogP contribution in [0.4, 0.5) is 0 Å². The van der Waals surface area contributed by atoms with Crippen molar-refractivity contribution in [3.05, 3.63) is 30.3 Å². The SMILES string of the molecule is COc1cc(OCCCCCCl)c2ccccc2c1OC(C)C. The van der Waals surface area contributed by atoms with E-state index in [9.17, 15) is 0 Å². The van der Waals surface area contributed by atoms with Crippen LogP contribution in [0.2, 0.25) is 0 Å². The number of benzene rings is 2. The molecule has 0 unspecified atom stereocenters. The number of hydrogen-bond acceptors (Lipinski definition) is 3. The van der Waals surface area contributed by atoms with Crippen LogP contribution in [0.15, 0.2) is 30.3 Å². The molecule has 0 aliphatic carbocycles. The zero-order valence-corrected chi connectivity index (χ0v) is 14.9. The lowest BCUT2D eigenvalue weighted by Gasteiger charge is -2.18. The molecule has 0 radical (unpaired) electrons. The zero-order chi connectivity index (χ0) is 16.7. The van der Waals surface area contributed by atoms with Crippen molar-refractivity contribution in [2.24, 2.45) is 0 Å². The number of unbranched alkanes of at least 4 members (excludes halogenated alkanes) is 2. The van der Waals surface area contributed by atoms with E-state index >= 15 is 0 Å². The second kappa shape index (κ2) is 8.88. The smallest absolute Gasteiger partial charge is 0.169 e. The molecule has 0 aliphatic heterocycles. The Balaban J connectivity index is 2.30. The van der Waals surface area contributed by atoms with Crippen LogP contribution in [0.3, 0.4) is 0 Å². The second-order valence-corrected chi connectivity index (χ2v) is 6.09.